The Hall–Kier alpha value is -10.8. The van der Waals surface area contributed by atoms with Crippen LogP contribution in [0, 0.1) is 0 Å². The summed E-state index contributed by atoms with van der Waals surface area (Å²) in [7, 11) is 0. The first kappa shape index (κ1) is 44.3. The molecular weight excluding hydrogens is 973 g/mol. The standard InChI is InChI=1S/C74H44N6/c1-2-19-45(20-3-1)72-76-73(47-37-39-57-53-26-7-5-22-49(53)51-24-9-11-28-55(51)64(57)44-47)78-74(77-72)80-67-34-15-13-30-59(67)61-41-40-60-58-29-12-14-33-66(58)79(70(60)71(61)80)68-35-18-31-62(65-32-16-17-42-75-65)69(68)46-36-38-56-52-25-6-4-21-48(52)50-23-8-10-27-54(50)63(56)43-46/h1-44H. The first-order valence-corrected chi connectivity index (χ1v) is 27.2. The number of nitrogens with zero attached hydrogens (tertiary/aromatic N) is 6. The van der Waals surface area contributed by atoms with E-state index >= 15 is 0 Å². The van der Waals surface area contributed by atoms with Crippen molar-refractivity contribution in [1.29, 1.82) is 0 Å². The smallest absolute Gasteiger partial charge is 0.238 e. The normalized spacial score (nSPS) is 12.0. The van der Waals surface area contributed by atoms with Gasteiger partial charge in [0.2, 0.25) is 5.95 Å². The predicted octanol–water partition coefficient (Wildman–Crippen LogP) is 19.0. The number of hydrogen-bond acceptors (Lipinski definition) is 4. The molecule has 17 rings (SSSR count). The van der Waals surface area contributed by atoms with Crippen LogP contribution in [-0.2, 0) is 0 Å². The molecule has 0 atom stereocenters. The molecule has 6 heteroatoms. The van der Waals surface area contributed by atoms with Gasteiger partial charge in [0.25, 0.3) is 0 Å². The van der Waals surface area contributed by atoms with Crippen molar-refractivity contribution in [2.45, 2.75) is 0 Å². The highest BCUT2D eigenvalue weighted by Gasteiger charge is 2.26. The molecule has 80 heavy (non-hydrogen) atoms. The van der Waals surface area contributed by atoms with Gasteiger partial charge in [0.15, 0.2) is 11.6 Å². The van der Waals surface area contributed by atoms with Crippen LogP contribution in [-0.4, -0.2) is 29.1 Å². The summed E-state index contributed by atoms with van der Waals surface area (Å²) in [6, 6.07) is 94.0. The second-order valence-electron chi connectivity index (χ2n) is 20.8. The van der Waals surface area contributed by atoms with Crippen molar-refractivity contribution >= 4 is 108 Å². The van der Waals surface area contributed by atoms with Gasteiger partial charge in [-0.2, -0.15) is 9.97 Å². The van der Waals surface area contributed by atoms with Gasteiger partial charge in [-0.05, 0) is 113 Å². The van der Waals surface area contributed by atoms with E-state index in [9.17, 15) is 0 Å². The van der Waals surface area contributed by atoms with E-state index in [0.29, 0.717) is 17.6 Å². The van der Waals surface area contributed by atoms with Gasteiger partial charge in [0, 0.05) is 50.0 Å². The molecule has 4 heterocycles. The van der Waals surface area contributed by atoms with Crippen LogP contribution < -0.4 is 0 Å². The number of hydrogen-bond donors (Lipinski definition) is 0. The fourth-order valence-electron chi connectivity index (χ4n) is 13.1. The van der Waals surface area contributed by atoms with Crippen molar-refractivity contribution < 1.29 is 0 Å². The zero-order valence-electron chi connectivity index (χ0n) is 43.1. The number of fused-ring (bicyclic) bond motifs is 19. The molecule has 17 aromatic rings. The summed E-state index contributed by atoms with van der Waals surface area (Å²) in [5.41, 5.74) is 11.1. The summed E-state index contributed by atoms with van der Waals surface area (Å²) in [6.07, 6.45) is 1.89. The molecular formula is C74H44N6. The number of para-hydroxylation sites is 2. The zero-order chi connectivity index (χ0) is 52.4. The minimum Gasteiger partial charge on any atom is -0.307 e. The summed E-state index contributed by atoms with van der Waals surface area (Å²) >= 11 is 0. The number of pyridine rings is 1. The largest absolute Gasteiger partial charge is 0.307 e. The molecule has 6 nitrogen and oxygen atoms in total. The maximum Gasteiger partial charge on any atom is 0.238 e. The first-order chi connectivity index (χ1) is 39.7. The summed E-state index contributed by atoms with van der Waals surface area (Å²) in [4.78, 5) is 21.5. The van der Waals surface area contributed by atoms with Crippen LogP contribution in [0.25, 0.3) is 165 Å². The molecule has 0 saturated heterocycles. The lowest BCUT2D eigenvalue weighted by molar-refractivity contribution is 0.953. The van der Waals surface area contributed by atoms with E-state index in [1.165, 1.54) is 59.2 Å². The van der Waals surface area contributed by atoms with Crippen LogP contribution in [0.1, 0.15) is 0 Å². The van der Waals surface area contributed by atoms with Crippen molar-refractivity contribution in [3.63, 3.8) is 0 Å². The summed E-state index contributed by atoms with van der Waals surface area (Å²) in [5.74, 6) is 1.71. The molecule has 0 N–H and O–H groups in total. The van der Waals surface area contributed by atoms with Gasteiger partial charge in [-0.15, -0.1) is 0 Å². The average molecular weight is 1020 g/mol. The van der Waals surface area contributed by atoms with Crippen LogP contribution in [0.5, 0.6) is 0 Å². The van der Waals surface area contributed by atoms with Gasteiger partial charge in [-0.1, -0.05) is 218 Å². The Morgan fingerprint density at radius 2 is 0.688 bits per heavy atom. The molecule has 0 amide bonds. The predicted molar refractivity (Wildman–Crippen MR) is 333 cm³/mol. The van der Waals surface area contributed by atoms with E-state index in [4.69, 9.17) is 19.9 Å². The van der Waals surface area contributed by atoms with E-state index in [1.807, 2.05) is 30.5 Å². The first-order valence-electron chi connectivity index (χ1n) is 27.2. The fraction of sp³-hybridized carbons (Fsp3) is 0. The second-order valence-corrected chi connectivity index (χ2v) is 20.8. The molecule has 0 aliphatic rings. The summed E-state index contributed by atoms with van der Waals surface area (Å²) < 4.78 is 4.78. The number of rotatable bonds is 6. The molecule has 0 radical (unpaired) electrons. The lowest BCUT2D eigenvalue weighted by atomic mass is 9.89. The highest BCUT2D eigenvalue weighted by atomic mass is 15.2. The van der Waals surface area contributed by atoms with Crippen molar-refractivity contribution in [3.8, 4) is 56.8 Å². The van der Waals surface area contributed by atoms with E-state index < -0.39 is 0 Å². The molecule has 4 aromatic heterocycles. The Morgan fingerprint density at radius 1 is 0.263 bits per heavy atom. The number of benzene rings is 13. The van der Waals surface area contributed by atoms with Crippen molar-refractivity contribution in [1.82, 2.24) is 29.1 Å². The molecule has 0 aliphatic heterocycles. The monoisotopic (exact) mass is 1020 g/mol. The van der Waals surface area contributed by atoms with E-state index in [1.54, 1.807) is 0 Å². The summed E-state index contributed by atoms with van der Waals surface area (Å²) in [6.45, 7) is 0. The zero-order valence-corrected chi connectivity index (χ0v) is 43.1. The Bertz CT molecular complexity index is 5360. The molecule has 0 saturated carbocycles. The molecule has 0 spiro atoms. The van der Waals surface area contributed by atoms with Gasteiger partial charge in [-0.3, -0.25) is 9.55 Å². The Morgan fingerprint density at radius 3 is 1.24 bits per heavy atom. The van der Waals surface area contributed by atoms with E-state index in [-0.39, 0.29) is 0 Å². The van der Waals surface area contributed by atoms with Crippen LogP contribution >= 0.6 is 0 Å². The Labute approximate surface area is 458 Å². The van der Waals surface area contributed by atoms with Gasteiger partial charge in [-0.25, -0.2) is 4.98 Å². The molecule has 0 fully saturated rings. The lowest BCUT2D eigenvalue weighted by Crippen LogP contribution is -2.07. The Kier molecular flexibility index (Phi) is 9.61. The molecule has 0 unspecified atom stereocenters. The van der Waals surface area contributed by atoms with Gasteiger partial charge in [0.05, 0.1) is 33.4 Å². The minimum absolute atomic E-state index is 0.531. The fourth-order valence-corrected chi connectivity index (χ4v) is 13.1. The Balaban J connectivity index is 0.984. The maximum atomic E-state index is 5.60. The van der Waals surface area contributed by atoms with Crippen LogP contribution in [0.4, 0.5) is 0 Å². The van der Waals surface area contributed by atoms with Gasteiger partial charge >= 0.3 is 0 Å². The van der Waals surface area contributed by atoms with Crippen LogP contribution in [0.15, 0.2) is 267 Å². The third kappa shape index (κ3) is 6.54. The lowest BCUT2D eigenvalue weighted by Gasteiger charge is -2.20. The minimum atomic E-state index is 0.531. The topological polar surface area (TPSA) is 61.4 Å². The van der Waals surface area contributed by atoms with Crippen molar-refractivity contribution in [3.05, 3.63) is 267 Å². The SMILES string of the molecule is c1ccc(-c2nc(-c3ccc4c5ccccc5c5ccccc5c4c3)nc(-n3c4ccccc4c4ccc5c6ccccc6n(-c6cccc(-c7ccccn7)c6-c6ccc7c8ccccc8c8ccccc8c7c6)c5c43)n2)cc1. The molecule has 370 valence electrons. The van der Waals surface area contributed by atoms with E-state index in [0.717, 1.165) is 88.2 Å². The third-order valence-electron chi connectivity index (χ3n) is 16.6. The maximum absolute atomic E-state index is 5.60. The van der Waals surface area contributed by atoms with Gasteiger partial charge in [0.1, 0.15) is 0 Å². The van der Waals surface area contributed by atoms with Crippen molar-refractivity contribution in [2.24, 2.45) is 0 Å². The second kappa shape index (κ2) is 17.3. The molecule has 0 bridgehead atoms. The quantitative estimate of drug-likeness (QED) is 0.156. The highest BCUT2D eigenvalue weighted by molar-refractivity contribution is 6.28. The third-order valence-corrected chi connectivity index (χ3v) is 16.6. The van der Waals surface area contributed by atoms with Gasteiger partial charge < -0.3 is 4.57 Å². The van der Waals surface area contributed by atoms with Crippen molar-refractivity contribution in [2.75, 3.05) is 0 Å². The van der Waals surface area contributed by atoms with Crippen LogP contribution in [0.3, 0.4) is 0 Å². The summed E-state index contributed by atoms with van der Waals surface area (Å²) in [5, 5.41) is 19.0. The molecule has 0 aliphatic carbocycles. The molecule has 13 aromatic carbocycles. The highest BCUT2D eigenvalue weighted by Crippen LogP contribution is 2.47. The number of aromatic nitrogens is 6. The average Bonchev–Trinajstić information content (AvgIpc) is 4.24. The van der Waals surface area contributed by atoms with Crippen LogP contribution in [0.2, 0.25) is 0 Å². The van der Waals surface area contributed by atoms with E-state index in [2.05, 4.69) is 246 Å².